The highest BCUT2D eigenvalue weighted by Crippen LogP contribution is 2.20. The molecule has 1 amide bonds. The normalized spacial score (nSPS) is 22.7. The van der Waals surface area contributed by atoms with Crippen LogP contribution in [0.4, 0.5) is 0 Å². The Hall–Kier alpha value is -1.12. The van der Waals surface area contributed by atoms with E-state index in [-0.39, 0.29) is 5.91 Å². The zero-order valence-corrected chi connectivity index (χ0v) is 9.28. The van der Waals surface area contributed by atoms with E-state index in [2.05, 4.69) is 17.1 Å². The number of hydrogen-bond donors (Lipinski definition) is 0. The number of aliphatic imine (C=N–C) groups is 1. The zero-order chi connectivity index (χ0) is 10.7. The van der Waals surface area contributed by atoms with Gasteiger partial charge in [0.2, 0.25) is 5.91 Å². The summed E-state index contributed by atoms with van der Waals surface area (Å²) in [4.78, 5) is 17.6. The molecule has 3 heteroatoms. The van der Waals surface area contributed by atoms with Gasteiger partial charge >= 0.3 is 0 Å². The lowest BCUT2D eigenvalue weighted by Gasteiger charge is -2.31. The smallest absolute Gasteiger partial charge is 0.219 e. The van der Waals surface area contributed by atoms with Crippen molar-refractivity contribution in [2.45, 2.75) is 26.2 Å². The van der Waals surface area contributed by atoms with Crippen LogP contribution in [0, 0.1) is 5.92 Å². The molecule has 0 unspecified atom stereocenters. The molecule has 0 atom stereocenters. The maximum Gasteiger partial charge on any atom is 0.219 e. The van der Waals surface area contributed by atoms with Crippen LogP contribution >= 0.6 is 0 Å². The first-order chi connectivity index (χ1) is 7.27. The van der Waals surface area contributed by atoms with E-state index in [0.717, 1.165) is 38.9 Å². The maximum absolute atomic E-state index is 11.2. The number of piperidine rings is 1. The average molecular weight is 206 g/mol. The van der Waals surface area contributed by atoms with E-state index in [1.54, 1.807) is 6.92 Å². The SMILES string of the molecule is CC(=O)N1CCC(C2=NCCC=C2)CC1. The first-order valence-corrected chi connectivity index (χ1v) is 5.74. The third kappa shape index (κ3) is 2.46. The predicted molar refractivity (Wildman–Crippen MR) is 61.0 cm³/mol. The monoisotopic (exact) mass is 206 g/mol. The third-order valence-electron chi connectivity index (χ3n) is 3.24. The van der Waals surface area contributed by atoms with Gasteiger partial charge in [-0.1, -0.05) is 6.08 Å². The van der Waals surface area contributed by atoms with Crippen molar-refractivity contribution >= 4 is 11.6 Å². The molecule has 2 aliphatic rings. The minimum atomic E-state index is 0.203. The van der Waals surface area contributed by atoms with Crippen molar-refractivity contribution in [3.63, 3.8) is 0 Å². The number of allylic oxidation sites excluding steroid dienone is 1. The largest absolute Gasteiger partial charge is 0.343 e. The van der Waals surface area contributed by atoms with E-state index >= 15 is 0 Å². The first-order valence-electron chi connectivity index (χ1n) is 5.74. The van der Waals surface area contributed by atoms with Crippen molar-refractivity contribution < 1.29 is 4.79 Å². The molecular formula is C12H18N2O. The van der Waals surface area contributed by atoms with Gasteiger partial charge in [-0.15, -0.1) is 0 Å². The molecule has 2 heterocycles. The van der Waals surface area contributed by atoms with Crippen LogP contribution < -0.4 is 0 Å². The molecule has 0 spiro atoms. The van der Waals surface area contributed by atoms with E-state index in [9.17, 15) is 4.79 Å². The maximum atomic E-state index is 11.2. The van der Waals surface area contributed by atoms with E-state index in [4.69, 9.17) is 0 Å². The second kappa shape index (κ2) is 4.60. The number of amides is 1. The summed E-state index contributed by atoms with van der Waals surface area (Å²) in [6.07, 6.45) is 7.60. The number of dihydropyridines is 1. The van der Waals surface area contributed by atoms with E-state index in [0.29, 0.717) is 5.92 Å². The minimum absolute atomic E-state index is 0.203. The molecular weight excluding hydrogens is 188 g/mol. The van der Waals surface area contributed by atoms with Crippen LogP contribution in [0.1, 0.15) is 26.2 Å². The van der Waals surface area contributed by atoms with Gasteiger partial charge in [-0.3, -0.25) is 9.79 Å². The Morgan fingerprint density at radius 3 is 2.73 bits per heavy atom. The Morgan fingerprint density at radius 1 is 1.47 bits per heavy atom. The van der Waals surface area contributed by atoms with Gasteiger partial charge < -0.3 is 4.90 Å². The van der Waals surface area contributed by atoms with E-state index in [1.807, 2.05) is 4.90 Å². The van der Waals surface area contributed by atoms with Crippen LogP contribution in [0.15, 0.2) is 17.1 Å². The second-order valence-electron chi connectivity index (χ2n) is 4.28. The quantitative estimate of drug-likeness (QED) is 0.642. The highest BCUT2D eigenvalue weighted by Gasteiger charge is 2.23. The van der Waals surface area contributed by atoms with Crippen molar-refractivity contribution in [1.29, 1.82) is 0 Å². The van der Waals surface area contributed by atoms with Crippen molar-refractivity contribution in [2.75, 3.05) is 19.6 Å². The molecule has 0 aliphatic carbocycles. The molecule has 2 rings (SSSR count). The van der Waals surface area contributed by atoms with Crippen molar-refractivity contribution in [2.24, 2.45) is 10.9 Å². The number of carbonyl (C=O) groups is 1. The molecule has 0 aromatic carbocycles. The molecule has 1 fully saturated rings. The fourth-order valence-corrected chi connectivity index (χ4v) is 2.28. The topological polar surface area (TPSA) is 32.7 Å². The lowest BCUT2D eigenvalue weighted by atomic mass is 9.90. The first kappa shape index (κ1) is 10.4. The van der Waals surface area contributed by atoms with E-state index in [1.165, 1.54) is 5.71 Å². The molecule has 0 saturated carbocycles. The molecule has 82 valence electrons. The van der Waals surface area contributed by atoms with Gasteiger partial charge in [0.15, 0.2) is 0 Å². The summed E-state index contributed by atoms with van der Waals surface area (Å²) >= 11 is 0. The summed E-state index contributed by atoms with van der Waals surface area (Å²) in [6, 6.07) is 0. The highest BCUT2D eigenvalue weighted by atomic mass is 16.2. The Kier molecular flexibility index (Phi) is 3.19. The highest BCUT2D eigenvalue weighted by molar-refractivity contribution is 5.97. The summed E-state index contributed by atoms with van der Waals surface area (Å²) in [6.45, 7) is 4.39. The molecule has 1 saturated heterocycles. The van der Waals surface area contributed by atoms with Crippen LogP contribution in [0.2, 0.25) is 0 Å². The lowest BCUT2D eigenvalue weighted by molar-refractivity contribution is -0.129. The average Bonchev–Trinajstić information content (AvgIpc) is 2.30. The van der Waals surface area contributed by atoms with Gasteiger partial charge in [0, 0.05) is 38.2 Å². The summed E-state index contributed by atoms with van der Waals surface area (Å²) in [7, 11) is 0. The number of nitrogens with zero attached hydrogens (tertiary/aromatic N) is 2. The number of rotatable bonds is 1. The van der Waals surface area contributed by atoms with Gasteiger partial charge in [-0.2, -0.15) is 0 Å². The van der Waals surface area contributed by atoms with Crippen LogP contribution in [0.3, 0.4) is 0 Å². The molecule has 0 N–H and O–H groups in total. The Labute approximate surface area is 90.9 Å². The van der Waals surface area contributed by atoms with E-state index < -0.39 is 0 Å². The Balaban J connectivity index is 1.90. The summed E-state index contributed by atoms with van der Waals surface area (Å²) in [5.74, 6) is 0.784. The fraction of sp³-hybridized carbons (Fsp3) is 0.667. The summed E-state index contributed by atoms with van der Waals surface area (Å²) in [5, 5.41) is 0. The van der Waals surface area contributed by atoms with Crippen LogP contribution in [-0.4, -0.2) is 36.2 Å². The second-order valence-corrected chi connectivity index (χ2v) is 4.28. The van der Waals surface area contributed by atoms with Crippen molar-refractivity contribution in [3.05, 3.63) is 12.2 Å². The lowest BCUT2D eigenvalue weighted by Crippen LogP contribution is -2.39. The molecule has 0 aromatic rings. The Bertz CT molecular complexity index is 299. The zero-order valence-electron chi connectivity index (χ0n) is 9.28. The van der Waals surface area contributed by atoms with Gasteiger partial charge in [-0.25, -0.2) is 0 Å². The predicted octanol–water partition coefficient (Wildman–Crippen LogP) is 1.65. The van der Waals surface area contributed by atoms with Crippen molar-refractivity contribution in [1.82, 2.24) is 4.90 Å². The summed E-state index contributed by atoms with van der Waals surface area (Å²) < 4.78 is 0. The fourth-order valence-electron chi connectivity index (χ4n) is 2.28. The molecule has 15 heavy (non-hydrogen) atoms. The third-order valence-corrected chi connectivity index (χ3v) is 3.24. The summed E-state index contributed by atoms with van der Waals surface area (Å²) in [5.41, 5.74) is 1.25. The molecule has 3 nitrogen and oxygen atoms in total. The van der Waals surface area contributed by atoms with Crippen LogP contribution in [0.5, 0.6) is 0 Å². The van der Waals surface area contributed by atoms with Crippen LogP contribution in [-0.2, 0) is 4.79 Å². The molecule has 2 aliphatic heterocycles. The Morgan fingerprint density at radius 2 is 2.20 bits per heavy atom. The molecule has 0 aromatic heterocycles. The van der Waals surface area contributed by atoms with Gasteiger partial charge in [0.1, 0.15) is 0 Å². The van der Waals surface area contributed by atoms with Crippen LogP contribution in [0.25, 0.3) is 0 Å². The number of hydrogen-bond acceptors (Lipinski definition) is 2. The van der Waals surface area contributed by atoms with Gasteiger partial charge in [0.05, 0.1) is 0 Å². The minimum Gasteiger partial charge on any atom is -0.343 e. The standard InChI is InChI=1S/C12H18N2O/c1-10(15)14-8-5-11(6-9-14)12-4-2-3-7-13-12/h2,4,11H,3,5-9H2,1H3. The molecule has 0 radical (unpaired) electrons. The molecule has 0 bridgehead atoms. The number of likely N-dealkylation sites (tertiary alicyclic amines) is 1. The number of carbonyl (C=O) groups excluding carboxylic acids is 1. The van der Waals surface area contributed by atoms with Gasteiger partial charge in [0.25, 0.3) is 0 Å². The van der Waals surface area contributed by atoms with Gasteiger partial charge in [-0.05, 0) is 25.3 Å². The van der Waals surface area contributed by atoms with Crippen molar-refractivity contribution in [3.8, 4) is 0 Å².